The van der Waals surface area contributed by atoms with Gasteiger partial charge in [-0.1, -0.05) is 66.7 Å². The lowest BCUT2D eigenvalue weighted by Gasteiger charge is -2.38. The third-order valence-corrected chi connectivity index (χ3v) is 8.30. The third-order valence-electron chi connectivity index (χ3n) is 8.30. The molecule has 1 saturated heterocycles. The Bertz CT molecular complexity index is 1810. The van der Waals surface area contributed by atoms with Crippen molar-refractivity contribution in [3.05, 3.63) is 118 Å². The molecular formula is C32H22N2O6. The molecule has 0 saturated carbocycles. The van der Waals surface area contributed by atoms with Crippen molar-refractivity contribution in [3.8, 4) is 5.75 Å². The molecule has 2 aliphatic heterocycles. The first kappa shape index (κ1) is 24.0. The van der Waals surface area contributed by atoms with Crippen LogP contribution in [0.15, 0.2) is 91.0 Å². The summed E-state index contributed by atoms with van der Waals surface area (Å²) in [6, 6.07) is 25.0. The van der Waals surface area contributed by atoms with Crippen molar-refractivity contribution >= 4 is 45.5 Å². The summed E-state index contributed by atoms with van der Waals surface area (Å²) in [5.41, 5.74) is 2.85. The van der Waals surface area contributed by atoms with Gasteiger partial charge in [-0.25, -0.2) is 4.90 Å². The zero-order chi connectivity index (χ0) is 27.7. The minimum atomic E-state index is -0.994. The van der Waals surface area contributed by atoms with Gasteiger partial charge in [0.2, 0.25) is 11.8 Å². The van der Waals surface area contributed by atoms with Gasteiger partial charge in [-0.2, -0.15) is 0 Å². The number of non-ortho nitro benzene ring substituents is 1. The van der Waals surface area contributed by atoms with Crippen LogP contribution in [-0.4, -0.2) is 22.7 Å². The van der Waals surface area contributed by atoms with Crippen molar-refractivity contribution in [1.29, 1.82) is 0 Å². The molecule has 196 valence electrons. The Morgan fingerprint density at radius 2 is 1.57 bits per heavy atom. The second kappa shape index (κ2) is 8.71. The van der Waals surface area contributed by atoms with Crippen LogP contribution < -0.4 is 9.64 Å². The van der Waals surface area contributed by atoms with Gasteiger partial charge in [0, 0.05) is 23.6 Å². The Morgan fingerprint density at radius 1 is 0.850 bits per heavy atom. The number of ether oxygens (including phenoxy) is 1. The summed E-state index contributed by atoms with van der Waals surface area (Å²) in [6.45, 7) is 1.63. The number of esters is 1. The minimum absolute atomic E-state index is 0.136. The molecule has 8 heteroatoms. The van der Waals surface area contributed by atoms with Crippen molar-refractivity contribution in [1.82, 2.24) is 0 Å². The number of nitro groups is 1. The van der Waals surface area contributed by atoms with Crippen LogP contribution in [0.25, 0.3) is 16.3 Å². The Hall–Kier alpha value is -5.11. The van der Waals surface area contributed by atoms with Gasteiger partial charge in [0.05, 0.1) is 28.4 Å². The first-order chi connectivity index (χ1) is 19.3. The maximum Gasteiger partial charge on any atom is 0.319 e. The first-order valence-electron chi connectivity index (χ1n) is 13.0. The van der Waals surface area contributed by atoms with Gasteiger partial charge in [-0.05, 0) is 46.5 Å². The molecule has 8 nitrogen and oxygen atoms in total. The number of fused-ring (bicyclic) bond motifs is 7. The SMILES string of the molecule is Cc1cc([N+](=O)[O-])ccc1N1C(=O)[C@@H]2[C@@H]3C(=O)Oc4ccc5ccccc5c4C3=C[C@@H](c3ccccc3)[C@@H]2C1=O. The van der Waals surface area contributed by atoms with Gasteiger partial charge in [-0.15, -0.1) is 0 Å². The molecule has 4 aromatic carbocycles. The van der Waals surface area contributed by atoms with Crippen LogP contribution in [0.5, 0.6) is 5.75 Å². The number of rotatable bonds is 3. The third kappa shape index (κ3) is 3.35. The molecular weight excluding hydrogens is 508 g/mol. The van der Waals surface area contributed by atoms with Crippen LogP contribution in [-0.2, 0) is 14.4 Å². The highest BCUT2D eigenvalue weighted by Gasteiger charge is 2.60. The molecule has 2 amide bonds. The Balaban J connectivity index is 1.44. The number of carbonyl (C=O) groups excluding carboxylic acids is 3. The Labute approximate surface area is 228 Å². The largest absolute Gasteiger partial charge is 0.425 e. The molecule has 0 unspecified atom stereocenters. The van der Waals surface area contributed by atoms with Crippen LogP contribution in [0.1, 0.15) is 22.6 Å². The monoisotopic (exact) mass is 530 g/mol. The number of aryl methyl sites for hydroxylation is 1. The van der Waals surface area contributed by atoms with Crippen molar-refractivity contribution < 1.29 is 24.0 Å². The summed E-state index contributed by atoms with van der Waals surface area (Å²) in [7, 11) is 0. The molecule has 4 aromatic rings. The van der Waals surface area contributed by atoms with Gasteiger partial charge in [0.15, 0.2) is 0 Å². The number of imide groups is 1. The second-order valence-electron chi connectivity index (χ2n) is 10.4. The molecule has 0 radical (unpaired) electrons. The molecule has 1 aliphatic carbocycles. The zero-order valence-electron chi connectivity index (χ0n) is 21.3. The van der Waals surface area contributed by atoms with Crippen LogP contribution in [0.3, 0.4) is 0 Å². The van der Waals surface area contributed by atoms with E-state index in [4.69, 9.17) is 4.74 Å². The maximum absolute atomic E-state index is 14.2. The fourth-order valence-electron chi connectivity index (χ4n) is 6.57. The topological polar surface area (TPSA) is 107 Å². The van der Waals surface area contributed by atoms with E-state index in [1.54, 1.807) is 13.0 Å². The van der Waals surface area contributed by atoms with Crippen LogP contribution >= 0.6 is 0 Å². The summed E-state index contributed by atoms with van der Waals surface area (Å²) < 4.78 is 5.81. The first-order valence-corrected chi connectivity index (χ1v) is 13.0. The summed E-state index contributed by atoms with van der Waals surface area (Å²) in [6.07, 6.45) is 1.96. The van der Waals surface area contributed by atoms with Crippen LogP contribution in [0.2, 0.25) is 0 Å². The molecule has 0 aromatic heterocycles. The maximum atomic E-state index is 14.2. The molecule has 3 aliphatic rings. The predicted molar refractivity (Wildman–Crippen MR) is 148 cm³/mol. The lowest BCUT2D eigenvalue weighted by molar-refractivity contribution is -0.384. The van der Waals surface area contributed by atoms with E-state index in [1.165, 1.54) is 18.2 Å². The molecule has 2 heterocycles. The number of hydrogen-bond acceptors (Lipinski definition) is 6. The molecule has 40 heavy (non-hydrogen) atoms. The molecule has 7 rings (SSSR count). The highest BCUT2D eigenvalue weighted by molar-refractivity contribution is 6.25. The van der Waals surface area contributed by atoms with Crippen LogP contribution in [0, 0.1) is 34.8 Å². The Morgan fingerprint density at radius 3 is 2.33 bits per heavy atom. The van der Waals surface area contributed by atoms with E-state index < -0.39 is 46.4 Å². The number of nitrogens with zero attached hydrogens (tertiary/aromatic N) is 2. The standard InChI is InChI=1S/C32H22N2O6/c1-17-15-20(34(38)39)12-13-24(17)33-30(35)27-22(18-7-3-2-4-8-18)16-23-26-21-10-6-5-9-19(21)11-14-25(26)40-32(37)28(23)29(27)31(33)36/h2-16,22,27-29H,1H3/t22-,27-,28+,29-/m0/s1. The predicted octanol–water partition coefficient (Wildman–Crippen LogP) is 5.58. The number of anilines is 1. The van der Waals surface area contributed by atoms with Gasteiger partial charge < -0.3 is 4.74 Å². The van der Waals surface area contributed by atoms with E-state index in [2.05, 4.69) is 0 Å². The van der Waals surface area contributed by atoms with E-state index in [0.717, 1.165) is 26.8 Å². The number of benzene rings is 4. The summed E-state index contributed by atoms with van der Waals surface area (Å²) in [5.74, 6) is -4.38. The summed E-state index contributed by atoms with van der Waals surface area (Å²) in [5, 5.41) is 13.2. The molecule has 0 bridgehead atoms. The van der Waals surface area contributed by atoms with Gasteiger partial charge in [-0.3, -0.25) is 24.5 Å². The van der Waals surface area contributed by atoms with E-state index in [1.807, 2.05) is 66.7 Å². The number of carbonyl (C=O) groups is 3. The average molecular weight is 531 g/mol. The van der Waals surface area contributed by atoms with Crippen molar-refractivity contribution in [3.63, 3.8) is 0 Å². The van der Waals surface area contributed by atoms with Crippen LogP contribution in [0.4, 0.5) is 11.4 Å². The summed E-state index contributed by atoms with van der Waals surface area (Å²) >= 11 is 0. The van der Waals surface area contributed by atoms with E-state index in [0.29, 0.717) is 16.9 Å². The molecule has 4 atom stereocenters. The van der Waals surface area contributed by atoms with Gasteiger partial charge in [0.25, 0.3) is 5.69 Å². The van der Waals surface area contributed by atoms with Gasteiger partial charge in [0.1, 0.15) is 5.75 Å². The second-order valence-corrected chi connectivity index (χ2v) is 10.4. The fourth-order valence-corrected chi connectivity index (χ4v) is 6.57. The number of allylic oxidation sites excluding steroid dienone is 1. The Kier molecular flexibility index (Phi) is 5.22. The molecule has 0 N–H and O–H groups in total. The fraction of sp³-hybridized carbons (Fsp3) is 0.156. The number of amides is 2. The van der Waals surface area contributed by atoms with E-state index in [9.17, 15) is 24.5 Å². The minimum Gasteiger partial charge on any atom is -0.425 e. The normalized spacial score (nSPS) is 23.3. The van der Waals surface area contributed by atoms with Crippen molar-refractivity contribution in [2.24, 2.45) is 17.8 Å². The molecule has 0 spiro atoms. The highest BCUT2D eigenvalue weighted by atomic mass is 16.6. The quantitative estimate of drug-likeness (QED) is 0.113. The average Bonchev–Trinajstić information content (AvgIpc) is 3.22. The number of nitro benzene ring substituents is 1. The van der Waals surface area contributed by atoms with Gasteiger partial charge >= 0.3 is 5.97 Å². The van der Waals surface area contributed by atoms with E-state index >= 15 is 0 Å². The van der Waals surface area contributed by atoms with Crippen molar-refractivity contribution in [2.75, 3.05) is 4.90 Å². The lowest BCUT2D eigenvalue weighted by Crippen LogP contribution is -2.42. The zero-order valence-corrected chi connectivity index (χ0v) is 21.3. The lowest BCUT2D eigenvalue weighted by atomic mass is 9.64. The summed E-state index contributed by atoms with van der Waals surface area (Å²) in [4.78, 5) is 53.8. The smallest absolute Gasteiger partial charge is 0.319 e. The van der Waals surface area contributed by atoms with Crippen molar-refractivity contribution in [2.45, 2.75) is 12.8 Å². The number of hydrogen-bond donors (Lipinski definition) is 0. The van der Waals surface area contributed by atoms with E-state index in [-0.39, 0.29) is 11.4 Å². The molecule has 1 fully saturated rings. The highest BCUT2D eigenvalue weighted by Crippen LogP contribution is 2.56.